The van der Waals surface area contributed by atoms with Crippen molar-refractivity contribution >= 4 is 5.82 Å². The molecule has 0 saturated carbocycles. The van der Waals surface area contributed by atoms with Crippen LogP contribution in [0, 0.1) is 19.8 Å². The number of benzene rings is 1. The van der Waals surface area contributed by atoms with E-state index in [1.54, 1.807) is 0 Å². The number of anilines is 1. The van der Waals surface area contributed by atoms with Crippen LogP contribution < -0.4 is 10.6 Å². The summed E-state index contributed by atoms with van der Waals surface area (Å²) in [6, 6.07) is 10.1. The Balaban J connectivity index is 1.46. The topological polar surface area (TPSA) is 62.1 Å². The Morgan fingerprint density at radius 1 is 1.36 bits per heavy atom. The number of aryl methyl sites for hydroxylation is 2. The zero-order valence-corrected chi connectivity index (χ0v) is 13.2. The van der Waals surface area contributed by atoms with Gasteiger partial charge in [-0.2, -0.15) is 5.10 Å². The Morgan fingerprint density at radius 3 is 2.91 bits per heavy atom. The quantitative estimate of drug-likeness (QED) is 0.789. The van der Waals surface area contributed by atoms with Crippen molar-refractivity contribution in [1.82, 2.24) is 15.1 Å². The van der Waals surface area contributed by atoms with Gasteiger partial charge in [0.1, 0.15) is 5.82 Å². The van der Waals surface area contributed by atoms with Gasteiger partial charge in [-0.3, -0.25) is 0 Å². The van der Waals surface area contributed by atoms with Gasteiger partial charge in [-0.25, -0.2) is 4.68 Å². The zero-order chi connectivity index (χ0) is 15.5. The summed E-state index contributed by atoms with van der Waals surface area (Å²) in [6.07, 6.45) is -0.459. The summed E-state index contributed by atoms with van der Waals surface area (Å²) in [7, 11) is 0. The molecule has 0 radical (unpaired) electrons. The van der Waals surface area contributed by atoms with E-state index in [9.17, 15) is 5.11 Å². The molecule has 1 aliphatic heterocycles. The van der Waals surface area contributed by atoms with Crippen LogP contribution in [-0.4, -0.2) is 34.5 Å². The molecule has 1 aliphatic rings. The van der Waals surface area contributed by atoms with Crippen molar-refractivity contribution in [2.45, 2.75) is 26.5 Å². The fourth-order valence-corrected chi connectivity index (χ4v) is 2.85. The Bertz CT molecular complexity index is 620. The standard InChI is InChI=1S/C17H24N4O/c1-12-3-5-15(6-4-12)16(22)10-18-8-14-9-19-17-7-13(2)20-21(17)11-14/h3-7,14,16,18-19,22H,8-11H2,1-2H3. The van der Waals surface area contributed by atoms with Crippen LogP contribution in [0.5, 0.6) is 0 Å². The summed E-state index contributed by atoms with van der Waals surface area (Å²) in [5, 5.41) is 21.5. The zero-order valence-electron chi connectivity index (χ0n) is 13.2. The molecule has 2 heterocycles. The largest absolute Gasteiger partial charge is 0.387 e. The third-order valence-corrected chi connectivity index (χ3v) is 4.14. The van der Waals surface area contributed by atoms with Crippen molar-refractivity contribution in [3.8, 4) is 0 Å². The van der Waals surface area contributed by atoms with Gasteiger partial charge in [-0.05, 0) is 19.4 Å². The van der Waals surface area contributed by atoms with Crippen LogP contribution in [0.3, 0.4) is 0 Å². The van der Waals surface area contributed by atoms with E-state index in [4.69, 9.17) is 0 Å². The second-order valence-electron chi connectivity index (χ2n) is 6.18. The first kappa shape index (κ1) is 15.1. The molecule has 3 rings (SSSR count). The summed E-state index contributed by atoms with van der Waals surface area (Å²) >= 11 is 0. The lowest BCUT2D eigenvalue weighted by Crippen LogP contribution is -2.36. The molecule has 22 heavy (non-hydrogen) atoms. The van der Waals surface area contributed by atoms with Crippen molar-refractivity contribution in [2.24, 2.45) is 5.92 Å². The lowest BCUT2D eigenvalue weighted by molar-refractivity contribution is 0.172. The Hall–Kier alpha value is -1.85. The van der Waals surface area contributed by atoms with Crippen molar-refractivity contribution in [3.63, 3.8) is 0 Å². The smallest absolute Gasteiger partial charge is 0.124 e. The van der Waals surface area contributed by atoms with E-state index in [0.717, 1.165) is 36.7 Å². The van der Waals surface area contributed by atoms with Gasteiger partial charge < -0.3 is 15.7 Å². The number of aliphatic hydroxyl groups is 1. The lowest BCUT2D eigenvalue weighted by Gasteiger charge is -2.25. The van der Waals surface area contributed by atoms with Crippen LogP contribution in [0.15, 0.2) is 30.3 Å². The van der Waals surface area contributed by atoms with E-state index < -0.39 is 6.10 Å². The first-order valence-corrected chi connectivity index (χ1v) is 7.85. The highest BCUT2D eigenvalue weighted by Gasteiger charge is 2.19. The number of hydrogen-bond acceptors (Lipinski definition) is 4. The molecule has 118 valence electrons. The van der Waals surface area contributed by atoms with Gasteiger partial charge in [0, 0.05) is 38.2 Å². The molecule has 1 aromatic carbocycles. The van der Waals surface area contributed by atoms with E-state index in [1.807, 2.05) is 35.9 Å². The SMILES string of the molecule is Cc1ccc(C(O)CNCC2CNc3cc(C)nn3C2)cc1. The monoisotopic (exact) mass is 300 g/mol. The minimum absolute atomic E-state index is 0.459. The van der Waals surface area contributed by atoms with Crippen LogP contribution in [0.2, 0.25) is 0 Å². The summed E-state index contributed by atoms with van der Waals surface area (Å²) in [5.41, 5.74) is 3.22. The minimum Gasteiger partial charge on any atom is -0.387 e. The van der Waals surface area contributed by atoms with Gasteiger partial charge in [-0.15, -0.1) is 0 Å². The molecule has 0 bridgehead atoms. The van der Waals surface area contributed by atoms with Crippen LogP contribution in [0.1, 0.15) is 22.9 Å². The van der Waals surface area contributed by atoms with Gasteiger partial charge in [0.05, 0.1) is 11.8 Å². The van der Waals surface area contributed by atoms with Gasteiger partial charge in [-0.1, -0.05) is 29.8 Å². The van der Waals surface area contributed by atoms with Crippen molar-refractivity contribution in [1.29, 1.82) is 0 Å². The molecule has 5 heteroatoms. The molecular weight excluding hydrogens is 276 g/mol. The number of aromatic nitrogens is 2. The Morgan fingerprint density at radius 2 is 2.14 bits per heavy atom. The van der Waals surface area contributed by atoms with Crippen LogP contribution in [-0.2, 0) is 6.54 Å². The van der Waals surface area contributed by atoms with Gasteiger partial charge >= 0.3 is 0 Å². The molecule has 0 spiro atoms. The number of rotatable bonds is 5. The van der Waals surface area contributed by atoms with Gasteiger partial charge in [0.25, 0.3) is 0 Å². The second-order valence-corrected chi connectivity index (χ2v) is 6.18. The van der Waals surface area contributed by atoms with Crippen molar-refractivity contribution in [2.75, 3.05) is 25.0 Å². The molecule has 5 nitrogen and oxygen atoms in total. The van der Waals surface area contributed by atoms with Crippen LogP contribution in [0.25, 0.3) is 0 Å². The number of nitrogens with one attached hydrogen (secondary N) is 2. The Kier molecular flexibility index (Phi) is 4.45. The fourth-order valence-electron chi connectivity index (χ4n) is 2.85. The predicted octanol–water partition coefficient (Wildman–Crippen LogP) is 1.86. The molecule has 2 atom stereocenters. The Labute approximate surface area is 131 Å². The summed E-state index contributed by atoms with van der Waals surface area (Å²) in [6.45, 7) is 7.37. The first-order valence-electron chi connectivity index (χ1n) is 7.85. The van der Waals surface area contributed by atoms with E-state index in [-0.39, 0.29) is 0 Å². The first-order chi connectivity index (χ1) is 10.6. The highest BCUT2D eigenvalue weighted by molar-refractivity contribution is 5.38. The molecule has 2 unspecified atom stereocenters. The normalized spacial score (nSPS) is 18.6. The van der Waals surface area contributed by atoms with Crippen molar-refractivity contribution in [3.05, 3.63) is 47.2 Å². The molecule has 0 aliphatic carbocycles. The molecule has 0 fully saturated rings. The second kappa shape index (κ2) is 6.50. The molecular formula is C17H24N4O. The molecule has 3 N–H and O–H groups in total. The van der Waals surface area contributed by atoms with Gasteiger partial charge in [0.15, 0.2) is 0 Å². The molecule has 1 aromatic heterocycles. The fraction of sp³-hybridized carbons (Fsp3) is 0.471. The lowest BCUT2D eigenvalue weighted by atomic mass is 10.1. The molecule has 0 amide bonds. The third-order valence-electron chi connectivity index (χ3n) is 4.14. The minimum atomic E-state index is -0.459. The maximum Gasteiger partial charge on any atom is 0.124 e. The number of fused-ring (bicyclic) bond motifs is 1. The van der Waals surface area contributed by atoms with Crippen LogP contribution >= 0.6 is 0 Å². The maximum atomic E-state index is 10.2. The molecule has 2 aromatic rings. The summed E-state index contributed by atoms with van der Waals surface area (Å²) in [4.78, 5) is 0. The van der Waals surface area contributed by atoms with Crippen molar-refractivity contribution < 1.29 is 5.11 Å². The van der Waals surface area contributed by atoms with E-state index in [0.29, 0.717) is 12.5 Å². The highest BCUT2D eigenvalue weighted by atomic mass is 16.3. The van der Waals surface area contributed by atoms with E-state index in [1.165, 1.54) is 5.56 Å². The third kappa shape index (κ3) is 3.48. The molecule has 0 saturated heterocycles. The van der Waals surface area contributed by atoms with Gasteiger partial charge in [0.2, 0.25) is 0 Å². The van der Waals surface area contributed by atoms with E-state index in [2.05, 4.69) is 28.7 Å². The summed E-state index contributed by atoms with van der Waals surface area (Å²) < 4.78 is 2.03. The average molecular weight is 300 g/mol. The summed E-state index contributed by atoms with van der Waals surface area (Å²) in [5.74, 6) is 1.59. The van der Waals surface area contributed by atoms with E-state index >= 15 is 0 Å². The van der Waals surface area contributed by atoms with Crippen LogP contribution in [0.4, 0.5) is 5.82 Å². The maximum absolute atomic E-state index is 10.2. The number of hydrogen-bond donors (Lipinski definition) is 3. The highest BCUT2D eigenvalue weighted by Crippen LogP contribution is 2.18. The number of aliphatic hydroxyl groups excluding tert-OH is 1. The average Bonchev–Trinajstić information content (AvgIpc) is 2.87. The predicted molar refractivity (Wildman–Crippen MR) is 88.0 cm³/mol. The number of nitrogens with zero attached hydrogens (tertiary/aromatic N) is 2.